The highest BCUT2D eigenvalue weighted by Gasteiger charge is 2.11. The first kappa shape index (κ1) is 13.4. The molecular formula is C17H18N4. The molecule has 3 aromatic rings. The molecule has 0 spiro atoms. The minimum absolute atomic E-state index is 0.0946. The molecular weight excluding hydrogens is 260 g/mol. The monoisotopic (exact) mass is 278 g/mol. The Hall–Kier alpha value is -2.62. The van der Waals surface area contributed by atoms with Crippen LogP contribution in [0.2, 0.25) is 0 Å². The van der Waals surface area contributed by atoms with Crippen molar-refractivity contribution >= 4 is 16.6 Å². The first-order valence-electron chi connectivity index (χ1n) is 7.11. The van der Waals surface area contributed by atoms with Gasteiger partial charge in [-0.15, -0.1) is 0 Å². The quantitative estimate of drug-likeness (QED) is 0.568. The van der Waals surface area contributed by atoms with Crippen LogP contribution >= 0.6 is 0 Å². The number of rotatable bonds is 4. The molecule has 106 valence electrons. The second kappa shape index (κ2) is 5.40. The number of fused-ring (bicyclic) bond motifs is 1. The number of nitrogens with zero attached hydrogens (tertiary/aromatic N) is 2. The van der Waals surface area contributed by atoms with E-state index in [1.807, 2.05) is 42.7 Å². The minimum atomic E-state index is 0.0946. The van der Waals surface area contributed by atoms with Gasteiger partial charge in [0.1, 0.15) is 11.7 Å². The number of benzene rings is 2. The van der Waals surface area contributed by atoms with Gasteiger partial charge >= 0.3 is 0 Å². The van der Waals surface area contributed by atoms with Crippen molar-refractivity contribution in [1.82, 2.24) is 9.55 Å². The highest BCUT2D eigenvalue weighted by Crippen LogP contribution is 2.26. The summed E-state index contributed by atoms with van der Waals surface area (Å²) in [5.41, 5.74) is 7.54. The highest BCUT2D eigenvalue weighted by atomic mass is 15.1. The van der Waals surface area contributed by atoms with Gasteiger partial charge in [0.25, 0.3) is 0 Å². The zero-order valence-electron chi connectivity index (χ0n) is 12.0. The summed E-state index contributed by atoms with van der Waals surface area (Å²) in [5, 5.41) is 9.81. The number of nitrogens with one attached hydrogen (secondary N) is 1. The van der Waals surface area contributed by atoms with Gasteiger partial charge in [0, 0.05) is 29.8 Å². The smallest absolute Gasteiger partial charge is 0.123 e. The summed E-state index contributed by atoms with van der Waals surface area (Å²) in [7, 11) is 0. The molecule has 2 aromatic carbocycles. The molecule has 1 heterocycles. The largest absolute Gasteiger partial charge is 0.384 e. The SMILES string of the molecule is CCCc1nccn1-c1ccc(C(=N)N)c2ccccc12. The Morgan fingerprint density at radius 3 is 2.67 bits per heavy atom. The fraction of sp³-hybridized carbons (Fsp3) is 0.176. The molecule has 3 rings (SSSR count). The van der Waals surface area contributed by atoms with Crippen molar-refractivity contribution in [3.05, 3.63) is 60.2 Å². The molecule has 0 aliphatic carbocycles. The molecule has 0 saturated carbocycles. The van der Waals surface area contributed by atoms with Crippen LogP contribution < -0.4 is 5.73 Å². The van der Waals surface area contributed by atoms with Crippen LogP contribution in [0.4, 0.5) is 0 Å². The van der Waals surface area contributed by atoms with E-state index in [1.165, 1.54) is 0 Å². The molecule has 3 N–H and O–H groups in total. The third kappa shape index (κ3) is 2.29. The molecule has 0 amide bonds. The van der Waals surface area contributed by atoms with Crippen LogP contribution in [0.15, 0.2) is 48.8 Å². The summed E-state index contributed by atoms with van der Waals surface area (Å²) in [6.45, 7) is 2.15. The Labute approximate surface area is 123 Å². The van der Waals surface area contributed by atoms with E-state index in [2.05, 4.69) is 22.5 Å². The lowest BCUT2D eigenvalue weighted by molar-refractivity contribution is 0.811. The first-order chi connectivity index (χ1) is 10.2. The predicted molar refractivity (Wildman–Crippen MR) is 86.1 cm³/mol. The molecule has 4 nitrogen and oxygen atoms in total. The molecule has 0 radical (unpaired) electrons. The summed E-state index contributed by atoms with van der Waals surface area (Å²) in [6.07, 6.45) is 5.81. The zero-order valence-corrected chi connectivity index (χ0v) is 12.0. The Morgan fingerprint density at radius 1 is 1.19 bits per heavy atom. The van der Waals surface area contributed by atoms with Gasteiger partial charge in [-0.25, -0.2) is 4.98 Å². The van der Waals surface area contributed by atoms with E-state index in [0.717, 1.165) is 40.7 Å². The number of amidine groups is 1. The molecule has 4 heteroatoms. The number of imidazole rings is 1. The van der Waals surface area contributed by atoms with E-state index in [0.29, 0.717) is 0 Å². The standard InChI is InChI=1S/C17H18N4/c1-2-5-16-20-10-11-21(16)15-9-8-14(17(18)19)12-6-3-4-7-13(12)15/h3-4,6-11H,2,5H2,1H3,(H3,18,19). The number of hydrogen-bond donors (Lipinski definition) is 2. The highest BCUT2D eigenvalue weighted by molar-refractivity contribution is 6.09. The van der Waals surface area contributed by atoms with Gasteiger partial charge in [-0.3, -0.25) is 5.41 Å². The number of hydrogen-bond acceptors (Lipinski definition) is 2. The minimum Gasteiger partial charge on any atom is -0.384 e. The van der Waals surface area contributed by atoms with Gasteiger partial charge in [0.05, 0.1) is 5.69 Å². The van der Waals surface area contributed by atoms with Crippen LogP contribution in [0.1, 0.15) is 24.7 Å². The lowest BCUT2D eigenvalue weighted by Gasteiger charge is -2.13. The third-order valence-electron chi connectivity index (χ3n) is 3.64. The van der Waals surface area contributed by atoms with Crippen molar-refractivity contribution in [3.8, 4) is 5.69 Å². The molecule has 0 unspecified atom stereocenters. The third-order valence-corrected chi connectivity index (χ3v) is 3.64. The normalized spacial score (nSPS) is 10.9. The van der Waals surface area contributed by atoms with Crippen molar-refractivity contribution in [2.75, 3.05) is 0 Å². The second-order valence-electron chi connectivity index (χ2n) is 5.05. The summed E-state index contributed by atoms with van der Waals surface area (Å²) in [5.74, 6) is 1.15. The number of nitrogens with two attached hydrogens (primary N) is 1. The van der Waals surface area contributed by atoms with E-state index >= 15 is 0 Å². The maximum atomic E-state index is 7.73. The number of aryl methyl sites for hydroxylation is 1. The van der Waals surface area contributed by atoms with Gasteiger partial charge in [-0.05, 0) is 23.9 Å². The van der Waals surface area contributed by atoms with Crippen LogP contribution in [0.5, 0.6) is 0 Å². The van der Waals surface area contributed by atoms with E-state index in [-0.39, 0.29) is 5.84 Å². The zero-order chi connectivity index (χ0) is 14.8. The summed E-state index contributed by atoms with van der Waals surface area (Å²) in [6, 6.07) is 12.0. The molecule has 1 aromatic heterocycles. The van der Waals surface area contributed by atoms with Crippen molar-refractivity contribution < 1.29 is 0 Å². The summed E-state index contributed by atoms with van der Waals surface area (Å²) >= 11 is 0. The summed E-state index contributed by atoms with van der Waals surface area (Å²) in [4.78, 5) is 4.44. The fourth-order valence-corrected chi connectivity index (χ4v) is 2.69. The van der Waals surface area contributed by atoms with Crippen LogP contribution in [0.25, 0.3) is 16.5 Å². The fourth-order valence-electron chi connectivity index (χ4n) is 2.69. The summed E-state index contributed by atoms with van der Waals surface area (Å²) < 4.78 is 2.12. The maximum absolute atomic E-state index is 7.73. The van der Waals surface area contributed by atoms with Crippen molar-refractivity contribution in [3.63, 3.8) is 0 Å². The van der Waals surface area contributed by atoms with Crippen molar-refractivity contribution in [2.45, 2.75) is 19.8 Å². The van der Waals surface area contributed by atoms with Gasteiger partial charge in [-0.1, -0.05) is 31.2 Å². The van der Waals surface area contributed by atoms with Gasteiger partial charge < -0.3 is 10.3 Å². The van der Waals surface area contributed by atoms with Crippen LogP contribution in [0.3, 0.4) is 0 Å². The van der Waals surface area contributed by atoms with Crippen LogP contribution in [0, 0.1) is 5.41 Å². The Balaban J connectivity index is 2.27. The Bertz CT molecular complexity index is 801. The predicted octanol–water partition coefficient (Wildman–Crippen LogP) is 3.26. The van der Waals surface area contributed by atoms with Crippen molar-refractivity contribution in [2.24, 2.45) is 5.73 Å². The van der Waals surface area contributed by atoms with E-state index in [9.17, 15) is 0 Å². The maximum Gasteiger partial charge on any atom is 0.123 e. The number of aromatic nitrogens is 2. The van der Waals surface area contributed by atoms with E-state index in [1.54, 1.807) is 0 Å². The topological polar surface area (TPSA) is 67.7 Å². The lowest BCUT2D eigenvalue weighted by Crippen LogP contribution is -2.12. The van der Waals surface area contributed by atoms with Crippen molar-refractivity contribution in [1.29, 1.82) is 5.41 Å². The van der Waals surface area contributed by atoms with Crippen LogP contribution in [-0.4, -0.2) is 15.4 Å². The first-order valence-corrected chi connectivity index (χ1v) is 7.11. The molecule has 21 heavy (non-hydrogen) atoms. The van der Waals surface area contributed by atoms with Gasteiger partial charge in [0.15, 0.2) is 0 Å². The lowest BCUT2D eigenvalue weighted by atomic mass is 10.0. The van der Waals surface area contributed by atoms with E-state index in [4.69, 9.17) is 11.1 Å². The number of nitrogen functional groups attached to an aromatic ring is 1. The average Bonchev–Trinajstić information content (AvgIpc) is 2.94. The molecule has 0 fully saturated rings. The Morgan fingerprint density at radius 2 is 1.95 bits per heavy atom. The molecule has 0 bridgehead atoms. The van der Waals surface area contributed by atoms with Gasteiger partial charge in [0.2, 0.25) is 0 Å². The molecule has 0 aliphatic heterocycles. The average molecular weight is 278 g/mol. The molecule has 0 saturated heterocycles. The van der Waals surface area contributed by atoms with Crippen LogP contribution in [-0.2, 0) is 6.42 Å². The Kier molecular flexibility index (Phi) is 3.44. The second-order valence-corrected chi connectivity index (χ2v) is 5.05. The molecule has 0 aliphatic rings. The van der Waals surface area contributed by atoms with Gasteiger partial charge in [-0.2, -0.15) is 0 Å². The van der Waals surface area contributed by atoms with E-state index < -0.39 is 0 Å². The molecule has 0 atom stereocenters.